The number of aromatic nitrogens is 3. The lowest BCUT2D eigenvalue weighted by atomic mass is 10.2. The number of ether oxygens (including phenoxy) is 1. The fourth-order valence-corrected chi connectivity index (χ4v) is 2.29. The topological polar surface area (TPSA) is 39.9 Å². The molecule has 0 aromatic carbocycles. The van der Waals surface area contributed by atoms with E-state index < -0.39 is 0 Å². The van der Waals surface area contributed by atoms with E-state index in [0.29, 0.717) is 12.5 Å². The van der Waals surface area contributed by atoms with E-state index in [2.05, 4.69) is 21.5 Å². The summed E-state index contributed by atoms with van der Waals surface area (Å²) in [7, 11) is 1.71. The van der Waals surface area contributed by atoms with Crippen molar-refractivity contribution in [2.24, 2.45) is 0 Å². The van der Waals surface area contributed by atoms with Gasteiger partial charge in [-0.05, 0) is 31.9 Å². The summed E-state index contributed by atoms with van der Waals surface area (Å²) in [6.07, 6.45) is 2.78. The Hall–Kier alpha value is -1.13. The molecular formula is C13H18ClN3O. The predicted octanol–water partition coefficient (Wildman–Crippen LogP) is 3.08. The summed E-state index contributed by atoms with van der Waals surface area (Å²) >= 11 is 5.98. The Bertz CT molecular complexity index is 538. The van der Waals surface area contributed by atoms with E-state index in [4.69, 9.17) is 16.3 Å². The van der Waals surface area contributed by atoms with Gasteiger partial charge in [0.05, 0.1) is 5.88 Å². The van der Waals surface area contributed by atoms with Crippen LogP contribution >= 0.6 is 11.6 Å². The molecule has 0 aliphatic rings. The van der Waals surface area contributed by atoms with Gasteiger partial charge in [0.25, 0.3) is 0 Å². The third kappa shape index (κ3) is 2.49. The van der Waals surface area contributed by atoms with Gasteiger partial charge in [-0.25, -0.2) is 9.97 Å². The number of hydrogen-bond acceptors (Lipinski definition) is 3. The first-order chi connectivity index (χ1) is 8.67. The van der Waals surface area contributed by atoms with Crippen LogP contribution in [0.1, 0.15) is 30.8 Å². The Labute approximate surface area is 112 Å². The lowest BCUT2D eigenvalue weighted by Gasteiger charge is -2.15. The molecule has 5 heteroatoms. The van der Waals surface area contributed by atoms with Gasteiger partial charge in [0.2, 0.25) is 0 Å². The summed E-state index contributed by atoms with van der Waals surface area (Å²) in [4.78, 5) is 9.03. The highest BCUT2D eigenvalue weighted by atomic mass is 35.5. The first-order valence-electron chi connectivity index (χ1n) is 6.05. The van der Waals surface area contributed by atoms with E-state index in [1.54, 1.807) is 7.11 Å². The van der Waals surface area contributed by atoms with Crippen molar-refractivity contribution in [3.8, 4) is 0 Å². The van der Waals surface area contributed by atoms with Crippen LogP contribution in [0.15, 0.2) is 12.3 Å². The number of halogens is 1. The van der Waals surface area contributed by atoms with Gasteiger partial charge in [0, 0.05) is 26.0 Å². The second kappa shape index (κ2) is 5.67. The molecular weight excluding hydrogens is 250 g/mol. The molecule has 4 nitrogen and oxygen atoms in total. The highest BCUT2D eigenvalue weighted by Crippen LogP contribution is 2.23. The minimum absolute atomic E-state index is 0.277. The molecule has 1 atom stereocenters. The van der Waals surface area contributed by atoms with Crippen molar-refractivity contribution >= 4 is 22.8 Å². The van der Waals surface area contributed by atoms with Gasteiger partial charge in [-0.2, -0.15) is 0 Å². The minimum atomic E-state index is 0.277. The van der Waals surface area contributed by atoms with Crippen molar-refractivity contribution in [2.45, 2.75) is 32.2 Å². The van der Waals surface area contributed by atoms with Crippen molar-refractivity contribution in [3.05, 3.63) is 23.7 Å². The van der Waals surface area contributed by atoms with E-state index >= 15 is 0 Å². The molecule has 98 valence electrons. The van der Waals surface area contributed by atoms with Crippen LogP contribution in [-0.4, -0.2) is 28.3 Å². The maximum Gasteiger partial charge on any atom is 0.160 e. The van der Waals surface area contributed by atoms with E-state index in [-0.39, 0.29) is 6.04 Å². The highest BCUT2D eigenvalue weighted by molar-refractivity contribution is 6.16. The zero-order chi connectivity index (χ0) is 13.1. The van der Waals surface area contributed by atoms with Crippen molar-refractivity contribution in [1.29, 1.82) is 0 Å². The summed E-state index contributed by atoms with van der Waals surface area (Å²) in [5.41, 5.74) is 2.92. The Morgan fingerprint density at radius 3 is 2.94 bits per heavy atom. The van der Waals surface area contributed by atoms with Gasteiger partial charge in [0.1, 0.15) is 11.3 Å². The van der Waals surface area contributed by atoms with Gasteiger partial charge in [-0.3, -0.25) is 0 Å². The second-order valence-corrected chi connectivity index (χ2v) is 4.78. The Balaban J connectivity index is 2.46. The van der Waals surface area contributed by atoms with Crippen LogP contribution in [-0.2, 0) is 10.6 Å². The Morgan fingerprint density at radius 2 is 2.28 bits per heavy atom. The molecule has 0 saturated heterocycles. The number of methoxy groups -OCH3 is 1. The molecule has 2 rings (SSSR count). The summed E-state index contributed by atoms with van der Waals surface area (Å²) in [6.45, 7) is 4.87. The summed E-state index contributed by atoms with van der Waals surface area (Å²) in [5.74, 6) is 1.26. The van der Waals surface area contributed by atoms with Crippen molar-refractivity contribution < 1.29 is 4.74 Å². The maximum absolute atomic E-state index is 5.98. The van der Waals surface area contributed by atoms with E-state index in [1.807, 2.05) is 19.2 Å². The number of rotatable bonds is 5. The van der Waals surface area contributed by atoms with Crippen LogP contribution in [0.25, 0.3) is 11.2 Å². The molecule has 0 aliphatic carbocycles. The summed E-state index contributed by atoms with van der Waals surface area (Å²) in [5, 5.41) is 0. The van der Waals surface area contributed by atoms with Crippen LogP contribution in [0.4, 0.5) is 0 Å². The average molecular weight is 268 g/mol. The largest absolute Gasteiger partial charge is 0.385 e. The van der Waals surface area contributed by atoms with Gasteiger partial charge >= 0.3 is 0 Å². The number of nitrogens with zero attached hydrogens (tertiary/aromatic N) is 3. The Morgan fingerprint density at radius 1 is 1.50 bits per heavy atom. The third-order valence-electron chi connectivity index (χ3n) is 3.04. The van der Waals surface area contributed by atoms with Gasteiger partial charge in [-0.1, -0.05) is 0 Å². The molecule has 0 fully saturated rings. The van der Waals surface area contributed by atoms with Gasteiger partial charge in [0.15, 0.2) is 5.65 Å². The fourth-order valence-electron chi connectivity index (χ4n) is 2.10. The molecule has 0 spiro atoms. The second-order valence-electron chi connectivity index (χ2n) is 4.52. The normalized spacial score (nSPS) is 13.1. The highest BCUT2D eigenvalue weighted by Gasteiger charge is 2.16. The fraction of sp³-hybridized carbons (Fsp3) is 0.538. The molecule has 2 aromatic rings. The molecule has 2 heterocycles. The molecule has 0 aliphatic heterocycles. The van der Waals surface area contributed by atoms with E-state index in [1.165, 1.54) is 0 Å². The maximum atomic E-state index is 5.98. The number of alkyl halides is 1. The van der Waals surface area contributed by atoms with Gasteiger partial charge in [-0.15, -0.1) is 11.6 Å². The first kappa shape index (κ1) is 13.3. The van der Waals surface area contributed by atoms with Gasteiger partial charge < -0.3 is 9.30 Å². The molecule has 0 radical (unpaired) electrons. The molecule has 18 heavy (non-hydrogen) atoms. The number of pyridine rings is 1. The predicted molar refractivity (Wildman–Crippen MR) is 73.0 cm³/mol. The first-order valence-corrected chi connectivity index (χ1v) is 6.59. The van der Waals surface area contributed by atoms with Crippen LogP contribution in [0.3, 0.4) is 0 Å². The quantitative estimate of drug-likeness (QED) is 0.782. The number of fused-ring (bicyclic) bond motifs is 1. The smallest absolute Gasteiger partial charge is 0.160 e. The average Bonchev–Trinajstić information content (AvgIpc) is 2.73. The third-order valence-corrected chi connectivity index (χ3v) is 3.28. The van der Waals surface area contributed by atoms with E-state index in [9.17, 15) is 0 Å². The van der Waals surface area contributed by atoms with Crippen LogP contribution in [0, 0.1) is 6.92 Å². The molecule has 0 saturated carbocycles. The number of hydrogen-bond donors (Lipinski definition) is 0. The Kier molecular flexibility index (Phi) is 4.19. The minimum Gasteiger partial charge on any atom is -0.385 e. The molecule has 2 aromatic heterocycles. The van der Waals surface area contributed by atoms with Crippen molar-refractivity contribution in [2.75, 3.05) is 13.7 Å². The molecule has 0 N–H and O–H groups in total. The standard InChI is InChI=1S/C13H18ClN3O/c1-9-6-11-13(15-8-9)17(12(7-14)16-11)10(2)4-5-18-3/h6,8,10H,4-5,7H2,1-3H3. The number of imidazole rings is 1. The van der Waals surface area contributed by atoms with Crippen LogP contribution in [0.5, 0.6) is 0 Å². The van der Waals surface area contributed by atoms with Crippen LogP contribution < -0.4 is 0 Å². The van der Waals surface area contributed by atoms with Crippen molar-refractivity contribution in [1.82, 2.24) is 14.5 Å². The van der Waals surface area contributed by atoms with Crippen LogP contribution in [0.2, 0.25) is 0 Å². The summed E-state index contributed by atoms with van der Waals surface area (Å²) < 4.78 is 7.24. The number of aryl methyl sites for hydroxylation is 1. The summed E-state index contributed by atoms with van der Waals surface area (Å²) in [6, 6.07) is 2.32. The SMILES string of the molecule is COCCC(C)n1c(CCl)nc2cc(C)cnc21. The molecule has 0 amide bonds. The zero-order valence-corrected chi connectivity index (χ0v) is 11.7. The lowest BCUT2D eigenvalue weighted by Crippen LogP contribution is -2.11. The zero-order valence-electron chi connectivity index (χ0n) is 11.0. The molecule has 0 bridgehead atoms. The monoisotopic (exact) mass is 267 g/mol. The van der Waals surface area contributed by atoms with Crippen molar-refractivity contribution in [3.63, 3.8) is 0 Å². The molecule has 1 unspecified atom stereocenters. The lowest BCUT2D eigenvalue weighted by molar-refractivity contribution is 0.181. The van der Waals surface area contributed by atoms with E-state index in [0.717, 1.165) is 29.0 Å².